The van der Waals surface area contributed by atoms with Crippen LogP contribution in [0.4, 0.5) is 13.2 Å². The maximum atomic E-state index is 12.3. The Morgan fingerprint density at radius 3 is 2.43 bits per heavy atom. The Bertz CT molecular complexity index is 340. The van der Waals surface area contributed by atoms with Gasteiger partial charge in [0.1, 0.15) is 6.04 Å². The summed E-state index contributed by atoms with van der Waals surface area (Å²) in [5, 5.41) is 0.210. The first-order valence-corrected chi connectivity index (χ1v) is 4.77. The first-order valence-electron chi connectivity index (χ1n) is 3.60. The Labute approximate surface area is 92.2 Å². The second-order valence-corrected chi connectivity index (χ2v) is 3.86. The summed E-state index contributed by atoms with van der Waals surface area (Å²) in [6.45, 7) is 0. The van der Waals surface area contributed by atoms with E-state index in [-0.39, 0.29) is 15.1 Å². The molecule has 1 rings (SSSR count). The van der Waals surface area contributed by atoms with Crippen molar-refractivity contribution in [2.24, 2.45) is 5.73 Å². The van der Waals surface area contributed by atoms with Gasteiger partial charge < -0.3 is 5.73 Å². The van der Waals surface area contributed by atoms with Crippen molar-refractivity contribution in [2.45, 2.75) is 12.2 Å². The lowest BCUT2D eigenvalue weighted by molar-refractivity contribution is -0.149. The van der Waals surface area contributed by atoms with E-state index in [1.807, 2.05) is 0 Å². The van der Waals surface area contributed by atoms with Gasteiger partial charge in [-0.05, 0) is 27.6 Å². The number of benzene rings is 1. The number of halogens is 5. The second-order valence-electron chi connectivity index (χ2n) is 2.66. The third-order valence-corrected chi connectivity index (χ3v) is 3.10. The minimum Gasteiger partial charge on any atom is -0.316 e. The normalized spacial score (nSPS) is 14.1. The molecule has 0 saturated heterocycles. The van der Waals surface area contributed by atoms with Crippen LogP contribution in [0.5, 0.6) is 0 Å². The van der Waals surface area contributed by atoms with E-state index in [1.165, 1.54) is 18.2 Å². The van der Waals surface area contributed by atoms with Gasteiger partial charge in [-0.15, -0.1) is 0 Å². The molecule has 78 valence electrons. The molecule has 1 aromatic carbocycles. The maximum absolute atomic E-state index is 12.3. The molecule has 0 amide bonds. The highest BCUT2D eigenvalue weighted by Gasteiger charge is 2.38. The van der Waals surface area contributed by atoms with Crippen molar-refractivity contribution in [3.63, 3.8) is 0 Å². The standard InChI is InChI=1S/C8H6BrClF3N/c9-6-4(2-1-3-5(6)10)7(14)8(11,12)13/h1-3,7H,14H2/t7-/m1/s1. The molecule has 0 radical (unpaired) electrons. The zero-order valence-electron chi connectivity index (χ0n) is 6.78. The Morgan fingerprint density at radius 2 is 1.93 bits per heavy atom. The molecule has 1 aromatic rings. The molecule has 0 aliphatic rings. The molecule has 0 aliphatic heterocycles. The number of alkyl halides is 3. The van der Waals surface area contributed by atoms with Crippen molar-refractivity contribution >= 4 is 27.5 Å². The van der Waals surface area contributed by atoms with Gasteiger partial charge in [-0.25, -0.2) is 0 Å². The molecule has 14 heavy (non-hydrogen) atoms. The molecule has 0 spiro atoms. The van der Waals surface area contributed by atoms with Gasteiger partial charge in [-0.1, -0.05) is 23.7 Å². The zero-order valence-corrected chi connectivity index (χ0v) is 9.12. The largest absolute Gasteiger partial charge is 0.407 e. The summed E-state index contributed by atoms with van der Waals surface area (Å²) in [6, 6.07) is 2.18. The third-order valence-electron chi connectivity index (χ3n) is 1.67. The fraction of sp³-hybridized carbons (Fsp3) is 0.250. The van der Waals surface area contributed by atoms with Crippen LogP contribution in [0.15, 0.2) is 22.7 Å². The number of hydrogen-bond donors (Lipinski definition) is 1. The topological polar surface area (TPSA) is 26.0 Å². The van der Waals surface area contributed by atoms with Crippen LogP contribution in [0.1, 0.15) is 11.6 Å². The molecule has 2 N–H and O–H groups in total. The monoisotopic (exact) mass is 287 g/mol. The molecule has 0 saturated carbocycles. The molecule has 0 aromatic heterocycles. The highest BCUT2D eigenvalue weighted by Crippen LogP contribution is 2.36. The number of rotatable bonds is 1. The van der Waals surface area contributed by atoms with Crippen molar-refractivity contribution in [3.05, 3.63) is 33.3 Å². The Kier molecular flexibility index (Phi) is 3.44. The predicted molar refractivity (Wildman–Crippen MR) is 52.1 cm³/mol. The quantitative estimate of drug-likeness (QED) is 0.838. The summed E-state index contributed by atoms with van der Waals surface area (Å²) in [5.74, 6) is 0. The summed E-state index contributed by atoms with van der Waals surface area (Å²) >= 11 is 8.60. The van der Waals surface area contributed by atoms with Crippen molar-refractivity contribution in [2.75, 3.05) is 0 Å². The van der Waals surface area contributed by atoms with Gasteiger partial charge in [0.25, 0.3) is 0 Å². The molecule has 0 bridgehead atoms. The van der Waals surface area contributed by atoms with Crippen LogP contribution >= 0.6 is 27.5 Å². The van der Waals surface area contributed by atoms with Crippen LogP contribution in [0.2, 0.25) is 5.02 Å². The van der Waals surface area contributed by atoms with Crippen LogP contribution < -0.4 is 5.73 Å². The van der Waals surface area contributed by atoms with E-state index >= 15 is 0 Å². The summed E-state index contributed by atoms with van der Waals surface area (Å²) in [5.41, 5.74) is 4.96. The van der Waals surface area contributed by atoms with Crippen LogP contribution in [0.3, 0.4) is 0 Å². The molecule has 6 heteroatoms. The zero-order chi connectivity index (χ0) is 10.9. The average Bonchev–Trinajstić information content (AvgIpc) is 2.07. The van der Waals surface area contributed by atoms with Gasteiger partial charge in [0.2, 0.25) is 0 Å². The summed E-state index contributed by atoms with van der Waals surface area (Å²) < 4.78 is 37.0. The predicted octanol–water partition coefficient (Wildman–Crippen LogP) is 3.66. The lowest BCUT2D eigenvalue weighted by Gasteiger charge is -2.17. The van der Waals surface area contributed by atoms with Gasteiger partial charge in [-0.2, -0.15) is 13.2 Å². The molecule has 1 atom stereocenters. The minimum atomic E-state index is -4.47. The van der Waals surface area contributed by atoms with Crippen LogP contribution in [0.25, 0.3) is 0 Å². The summed E-state index contributed by atoms with van der Waals surface area (Å²) in [6.07, 6.45) is -4.47. The van der Waals surface area contributed by atoms with Gasteiger partial charge in [-0.3, -0.25) is 0 Å². The number of hydrogen-bond acceptors (Lipinski definition) is 1. The highest BCUT2D eigenvalue weighted by atomic mass is 79.9. The first kappa shape index (κ1) is 11.8. The van der Waals surface area contributed by atoms with E-state index in [1.54, 1.807) is 0 Å². The summed E-state index contributed by atoms with van der Waals surface area (Å²) in [4.78, 5) is 0. The lowest BCUT2D eigenvalue weighted by atomic mass is 10.1. The Hall–Kier alpha value is -0.260. The highest BCUT2D eigenvalue weighted by molar-refractivity contribution is 9.10. The summed E-state index contributed by atoms with van der Waals surface area (Å²) in [7, 11) is 0. The van der Waals surface area contributed by atoms with Crippen molar-refractivity contribution in [1.82, 2.24) is 0 Å². The van der Waals surface area contributed by atoms with Crippen molar-refractivity contribution < 1.29 is 13.2 Å². The minimum absolute atomic E-state index is 0.0648. The SMILES string of the molecule is N[C@H](c1cccc(Cl)c1Br)C(F)(F)F. The molecule has 0 unspecified atom stereocenters. The fourth-order valence-corrected chi connectivity index (χ4v) is 1.63. The van der Waals surface area contributed by atoms with Crippen molar-refractivity contribution in [1.29, 1.82) is 0 Å². The van der Waals surface area contributed by atoms with Crippen LogP contribution in [-0.2, 0) is 0 Å². The Balaban J connectivity index is 3.14. The average molecular weight is 288 g/mol. The van der Waals surface area contributed by atoms with E-state index in [2.05, 4.69) is 15.9 Å². The first-order chi connectivity index (χ1) is 6.34. The Morgan fingerprint density at radius 1 is 1.36 bits per heavy atom. The molecule has 1 nitrogen and oxygen atoms in total. The van der Waals surface area contributed by atoms with Crippen molar-refractivity contribution in [3.8, 4) is 0 Å². The van der Waals surface area contributed by atoms with Crippen LogP contribution in [-0.4, -0.2) is 6.18 Å². The van der Waals surface area contributed by atoms with Gasteiger partial charge in [0.05, 0.1) is 5.02 Å². The van der Waals surface area contributed by atoms with E-state index in [4.69, 9.17) is 17.3 Å². The van der Waals surface area contributed by atoms with E-state index in [0.717, 1.165) is 0 Å². The van der Waals surface area contributed by atoms with Gasteiger partial charge >= 0.3 is 6.18 Å². The molecule has 0 heterocycles. The molecule has 0 aliphatic carbocycles. The molecule has 0 fully saturated rings. The third kappa shape index (κ3) is 2.40. The van der Waals surface area contributed by atoms with E-state index in [0.29, 0.717) is 0 Å². The van der Waals surface area contributed by atoms with Gasteiger partial charge in [0.15, 0.2) is 0 Å². The second kappa shape index (κ2) is 4.08. The molecular weight excluding hydrogens is 282 g/mol. The van der Waals surface area contributed by atoms with E-state index in [9.17, 15) is 13.2 Å². The fourth-order valence-electron chi connectivity index (χ4n) is 0.937. The smallest absolute Gasteiger partial charge is 0.316 e. The van der Waals surface area contributed by atoms with E-state index < -0.39 is 12.2 Å². The number of nitrogens with two attached hydrogens (primary N) is 1. The lowest BCUT2D eigenvalue weighted by Crippen LogP contribution is -2.28. The maximum Gasteiger partial charge on any atom is 0.407 e. The molecular formula is C8H6BrClF3N. The van der Waals surface area contributed by atoms with Crippen LogP contribution in [0, 0.1) is 0 Å². The van der Waals surface area contributed by atoms with Gasteiger partial charge in [0, 0.05) is 4.47 Å².